The third-order valence-electron chi connectivity index (χ3n) is 3.68. The molecular formula is C20H16NO4P. The lowest BCUT2D eigenvalue weighted by molar-refractivity contribution is 0.299. The average Bonchev–Trinajstić information content (AvgIpc) is 3.06. The zero-order valence-electron chi connectivity index (χ0n) is 13.7. The van der Waals surface area contributed by atoms with Gasteiger partial charge in [-0.05, 0) is 36.4 Å². The molecular weight excluding hydrogens is 349 g/mol. The smallest absolute Gasteiger partial charge is 0.386 e. The Morgan fingerprint density at radius 1 is 0.654 bits per heavy atom. The zero-order valence-corrected chi connectivity index (χ0v) is 14.6. The monoisotopic (exact) mass is 365 g/mol. The summed E-state index contributed by atoms with van der Waals surface area (Å²) in [4.78, 5) is 3.08. The molecule has 0 fully saturated rings. The van der Waals surface area contributed by atoms with Gasteiger partial charge in [0.2, 0.25) is 0 Å². The summed E-state index contributed by atoms with van der Waals surface area (Å²) in [5.74, 6) is 1.19. The first-order valence-electron chi connectivity index (χ1n) is 8.07. The number of aromatic amines is 1. The average molecular weight is 365 g/mol. The highest BCUT2D eigenvalue weighted by atomic mass is 31.2. The van der Waals surface area contributed by atoms with Crippen LogP contribution >= 0.6 is 7.82 Å². The first-order valence-corrected chi connectivity index (χ1v) is 9.53. The van der Waals surface area contributed by atoms with Gasteiger partial charge in [-0.15, -0.1) is 0 Å². The quantitative estimate of drug-likeness (QED) is 0.438. The van der Waals surface area contributed by atoms with Gasteiger partial charge in [0, 0.05) is 17.1 Å². The van der Waals surface area contributed by atoms with Crippen LogP contribution in [0.1, 0.15) is 0 Å². The molecule has 1 aromatic heterocycles. The summed E-state index contributed by atoms with van der Waals surface area (Å²) >= 11 is 0. The molecule has 0 aliphatic heterocycles. The van der Waals surface area contributed by atoms with E-state index in [1.54, 1.807) is 54.7 Å². The number of hydrogen-bond donors (Lipinski definition) is 1. The molecule has 0 spiro atoms. The molecule has 1 N–H and O–H groups in total. The van der Waals surface area contributed by atoms with Gasteiger partial charge >= 0.3 is 7.82 Å². The minimum absolute atomic E-state index is 0.395. The van der Waals surface area contributed by atoms with Crippen molar-refractivity contribution in [2.75, 3.05) is 0 Å². The van der Waals surface area contributed by atoms with Crippen molar-refractivity contribution in [3.05, 3.63) is 91.1 Å². The molecule has 6 heteroatoms. The summed E-state index contributed by atoms with van der Waals surface area (Å²) < 4.78 is 30.4. The molecule has 130 valence electrons. The number of nitrogens with one attached hydrogen (secondary N) is 1. The lowest BCUT2D eigenvalue weighted by atomic mass is 10.2. The maximum absolute atomic E-state index is 13.4. The van der Waals surface area contributed by atoms with E-state index in [-0.39, 0.29) is 0 Å². The van der Waals surface area contributed by atoms with Crippen LogP contribution < -0.4 is 13.6 Å². The molecule has 0 unspecified atom stereocenters. The van der Waals surface area contributed by atoms with Crippen molar-refractivity contribution in [2.45, 2.75) is 0 Å². The standard InChI is InChI=1S/C20H16NO4P/c22-26(23-16-9-3-1-4-10-16,24-17-11-5-2-6-12-17)25-20-15-21-19-14-8-7-13-18(19)20/h1-15,21H. The second-order valence-electron chi connectivity index (χ2n) is 5.55. The maximum Gasteiger partial charge on any atom is 0.647 e. The molecule has 1 heterocycles. The van der Waals surface area contributed by atoms with Crippen LogP contribution in [-0.4, -0.2) is 4.98 Å². The van der Waals surface area contributed by atoms with Gasteiger partial charge in [-0.2, -0.15) is 4.57 Å². The summed E-state index contributed by atoms with van der Waals surface area (Å²) in [6.07, 6.45) is 1.64. The van der Waals surface area contributed by atoms with Crippen LogP contribution in [0.3, 0.4) is 0 Å². The van der Waals surface area contributed by atoms with Crippen LogP contribution in [0.4, 0.5) is 0 Å². The fourth-order valence-electron chi connectivity index (χ4n) is 2.52. The summed E-state index contributed by atoms with van der Waals surface area (Å²) in [7, 11) is -3.98. The Bertz CT molecular complexity index is 1000. The lowest BCUT2D eigenvalue weighted by Crippen LogP contribution is -2.07. The predicted molar refractivity (Wildman–Crippen MR) is 101 cm³/mol. The number of phosphoric ester groups is 1. The number of fused-ring (bicyclic) bond motifs is 1. The summed E-state index contributed by atoms with van der Waals surface area (Å²) in [5, 5.41) is 0.793. The number of para-hydroxylation sites is 3. The van der Waals surface area contributed by atoms with Crippen molar-refractivity contribution in [1.82, 2.24) is 4.98 Å². The van der Waals surface area contributed by atoms with Gasteiger partial charge < -0.3 is 18.6 Å². The van der Waals surface area contributed by atoms with Gasteiger partial charge in [0.1, 0.15) is 11.5 Å². The Balaban J connectivity index is 1.68. The van der Waals surface area contributed by atoms with Crippen LogP contribution in [0.2, 0.25) is 0 Å². The van der Waals surface area contributed by atoms with Crippen molar-refractivity contribution in [1.29, 1.82) is 0 Å². The van der Waals surface area contributed by atoms with Gasteiger partial charge in [-0.3, -0.25) is 0 Å². The van der Waals surface area contributed by atoms with Crippen LogP contribution in [-0.2, 0) is 4.57 Å². The largest absolute Gasteiger partial charge is 0.647 e. The second-order valence-corrected chi connectivity index (χ2v) is 6.99. The molecule has 0 atom stereocenters. The van der Waals surface area contributed by atoms with E-state index in [0.29, 0.717) is 17.2 Å². The fraction of sp³-hybridized carbons (Fsp3) is 0. The Morgan fingerprint density at radius 2 is 1.19 bits per heavy atom. The third kappa shape index (κ3) is 3.58. The molecule has 0 saturated heterocycles. The highest BCUT2D eigenvalue weighted by Crippen LogP contribution is 2.50. The number of aromatic nitrogens is 1. The number of hydrogen-bond acceptors (Lipinski definition) is 4. The normalized spacial score (nSPS) is 11.2. The number of rotatable bonds is 6. The topological polar surface area (TPSA) is 60.6 Å². The van der Waals surface area contributed by atoms with Crippen LogP contribution in [0, 0.1) is 0 Å². The Hall–Kier alpha value is -3.17. The number of phosphoric acid groups is 1. The molecule has 0 amide bonds. The number of benzene rings is 3. The number of H-pyrrole nitrogens is 1. The zero-order chi connectivity index (χ0) is 17.8. The van der Waals surface area contributed by atoms with Gasteiger partial charge in [0.25, 0.3) is 0 Å². The highest BCUT2D eigenvalue weighted by Gasteiger charge is 2.34. The maximum atomic E-state index is 13.4. The van der Waals surface area contributed by atoms with E-state index >= 15 is 0 Å². The molecule has 0 aliphatic rings. The van der Waals surface area contributed by atoms with Gasteiger partial charge in [0.05, 0.1) is 0 Å². The lowest BCUT2D eigenvalue weighted by Gasteiger charge is -2.19. The molecule has 4 aromatic rings. The predicted octanol–water partition coefficient (Wildman–Crippen LogP) is 5.81. The minimum Gasteiger partial charge on any atom is -0.386 e. The first kappa shape index (κ1) is 16.3. The van der Waals surface area contributed by atoms with Gasteiger partial charge in [0.15, 0.2) is 5.75 Å². The minimum atomic E-state index is -3.98. The van der Waals surface area contributed by atoms with Crippen molar-refractivity contribution >= 4 is 18.7 Å². The SMILES string of the molecule is O=P(Oc1ccccc1)(Oc1ccccc1)Oc1c[nH]c2ccccc12. The second kappa shape index (κ2) is 6.98. The molecule has 0 aliphatic carbocycles. The van der Waals surface area contributed by atoms with E-state index in [1.165, 1.54) is 0 Å². The fourth-order valence-corrected chi connectivity index (χ4v) is 3.78. The molecule has 3 aromatic carbocycles. The molecule has 0 bridgehead atoms. The van der Waals surface area contributed by atoms with Crippen LogP contribution in [0.25, 0.3) is 10.9 Å². The highest BCUT2D eigenvalue weighted by molar-refractivity contribution is 7.49. The molecule has 0 radical (unpaired) electrons. The van der Waals surface area contributed by atoms with E-state index in [0.717, 1.165) is 10.9 Å². The van der Waals surface area contributed by atoms with E-state index in [1.807, 2.05) is 36.4 Å². The van der Waals surface area contributed by atoms with Crippen molar-refractivity contribution in [3.63, 3.8) is 0 Å². The van der Waals surface area contributed by atoms with Crippen molar-refractivity contribution in [3.8, 4) is 17.2 Å². The van der Waals surface area contributed by atoms with Gasteiger partial charge in [-0.1, -0.05) is 48.5 Å². The Morgan fingerprint density at radius 3 is 1.81 bits per heavy atom. The van der Waals surface area contributed by atoms with E-state index < -0.39 is 7.82 Å². The summed E-state index contributed by atoms with van der Waals surface area (Å²) in [6.45, 7) is 0. The van der Waals surface area contributed by atoms with E-state index in [4.69, 9.17) is 13.6 Å². The van der Waals surface area contributed by atoms with E-state index in [2.05, 4.69) is 4.98 Å². The molecule has 0 saturated carbocycles. The molecule has 4 rings (SSSR count). The summed E-state index contributed by atoms with van der Waals surface area (Å²) in [5.41, 5.74) is 0.869. The van der Waals surface area contributed by atoms with Gasteiger partial charge in [-0.25, -0.2) is 0 Å². The van der Waals surface area contributed by atoms with Crippen LogP contribution in [0.15, 0.2) is 91.1 Å². The molecule has 5 nitrogen and oxygen atoms in total. The molecule has 26 heavy (non-hydrogen) atoms. The summed E-state index contributed by atoms with van der Waals surface area (Å²) in [6, 6.07) is 25.2. The first-order chi connectivity index (χ1) is 12.7. The van der Waals surface area contributed by atoms with Crippen molar-refractivity contribution < 1.29 is 18.1 Å². The van der Waals surface area contributed by atoms with E-state index in [9.17, 15) is 4.57 Å². The third-order valence-corrected chi connectivity index (χ3v) is 4.97. The Kier molecular flexibility index (Phi) is 4.38. The van der Waals surface area contributed by atoms with Crippen molar-refractivity contribution in [2.24, 2.45) is 0 Å². The Labute approximate surface area is 150 Å². The van der Waals surface area contributed by atoms with Crippen LogP contribution in [0.5, 0.6) is 17.2 Å².